The van der Waals surface area contributed by atoms with Crippen LogP contribution in [0.5, 0.6) is 0 Å². The van der Waals surface area contributed by atoms with Gasteiger partial charge in [0.05, 0.1) is 24.3 Å². The zero-order valence-electron chi connectivity index (χ0n) is 21.8. The number of methoxy groups -OCH3 is 1. The van der Waals surface area contributed by atoms with Crippen molar-refractivity contribution < 1.29 is 28.6 Å². The molecule has 7 nitrogen and oxygen atoms in total. The number of halogens is 1. The van der Waals surface area contributed by atoms with Gasteiger partial charge in [-0.25, -0.2) is 4.79 Å². The van der Waals surface area contributed by atoms with E-state index in [0.717, 1.165) is 10.0 Å². The Hall–Kier alpha value is -4.17. The van der Waals surface area contributed by atoms with Crippen molar-refractivity contribution in [2.75, 3.05) is 12.0 Å². The Balaban J connectivity index is 1.66. The molecular weight excluding hydrogens is 562 g/mol. The highest BCUT2D eigenvalue weighted by Gasteiger charge is 2.45. The lowest BCUT2D eigenvalue weighted by Crippen LogP contribution is -2.31. The van der Waals surface area contributed by atoms with Gasteiger partial charge in [-0.15, -0.1) is 0 Å². The lowest BCUT2D eigenvalue weighted by molar-refractivity contribution is -0.117. The van der Waals surface area contributed by atoms with E-state index in [1.807, 2.05) is 30.3 Å². The van der Waals surface area contributed by atoms with E-state index in [-0.39, 0.29) is 22.3 Å². The van der Waals surface area contributed by atoms with Crippen LogP contribution < -0.4 is 4.90 Å². The third kappa shape index (κ3) is 4.76. The molecule has 1 N–H and O–H groups in total. The Morgan fingerprint density at radius 3 is 2.38 bits per heavy atom. The van der Waals surface area contributed by atoms with Crippen LogP contribution in [0.25, 0.3) is 11.0 Å². The molecule has 198 valence electrons. The Labute approximate surface area is 233 Å². The summed E-state index contributed by atoms with van der Waals surface area (Å²) in [5, 5.41) is 11.8. The number of rotatable bonds is 5. The van der Waals surface area contributed by atoms with E-state index in [2.05, 4.69) is 36.7 Å². The highest BCUT2D eigenvalue weighted by molar-refractivity contribution is 9.10. The molecule has 39 heavy (non-hydrogen) atoms. The number of fused-ring (bicyclic) bond motifs is 1. The maximum atomic E-state index is 13.9. The minimum atomic E-state index is -0.966. The number of hydrogen-bond donors (Lipinski definition) is 1. The van der Waals surface area contributed by atoms with Gasteiger partial charge in [0.15, 0.2) is 11.5 Å². The summed E-state index contributed by atoms with van der Waals surface area (Å²) in [6.07, 6.45) is 0. The number of carbonyl (C=O) groups excluding carboxylic acids is 3. The number of benzene rings is 3. The van der Waals surface area contributed by atoms with Crippen LogP contribution in [0, 0.1) is 0 Å². The molecule has 0 bridgehead atoms. The van der Waals surface area contributed by atoms with Crippen molar-refractivity contribution in [2.45, 2.75) is 32.2 Å². The first-order valence-electron chi connectivity index (χ1n) is 12.3. The highest BCUT2D eigenvalue weighted by atomic mass is 79.9. The zero-order chi connectivity index (χ0) is 28.1. The van der Waals surface area contributed by atoms with Gasteiger partial charge in [0.25, 0.3) is 5.91 Å². The largest absolute Gasteiger partial charge is 0.503 e. The number of carbonyl (C=O) groups is 3. The molecule has 8 heteroatoms. The first-order chi connectivity index (χ1) is 18.5. The van der Waals surface area contributed by atoms with Gasteiger partial charge in [0, 0.05) is 15.5 Å². The van der Waals surface area contributed by atoms with E-state index >= 15 is 0 Å². The quantitative estimate of drug-likeness (QED) is 0.198. The molecule has 2 heterocycles. The van der Waals surface area contributed by atoms with Crippen LogP contribution in [-0.2, 0) is 14.9 Å². The fourth-order valence-corrected chi connectivity index (χ4v) is 5.12. The first kappa shape index (κ1) is 26.4. The van der Waals surface area contributed by atoms with Crippen LogP contribution in [0.2, 0.25) is 0 Å². The molecule has 0 aliphatic carbocycles. The molecule has 5 rings (SSSR count). The molecular formula is C31H26BrNO6. The van der Waals surface area contributed by atoms with Gasteiger partial charge < -0.3 is 14.3 Å². The topological polar surface area (TPSA) is 97.0 Å². The van der Waals surface area contributed by atoms with Crippen molar-refractivity contribution in [3.63, 3.8) is 0 Å². The normalized spacial score (nSPS) is 15.8. The van der Waals surface area contributed by atoms with Crippen LogP contribution >= 0.6 is 15.9 Å². The molecule has 0 spiro atoms. The van der Waals surface area contributed by atoms with Gasteiger partial charge >= 0.3 is 5.97 Å². The molecule has 4 aromatic rings. The third-order valence-electron chi connectivity index (χ3n) is 6.79. The number of amides is 1. The number of Topliss-reactive ketones (excluding diaryl/α,β-unsaturated/α-hetero) is 1. The summed E-state index contributed by atoms with van der Waals surface area (Å²) in [6.45, 7) is 6.27. The predicted molar refractivity (Wildman–Crippen MR) is 151 cm³/mol. The monoisotopic (exact) mass is 587 g/mol. The number of ketones is 1. The Morgan fingerprint density at radius 1 is 1.00 bits per heavy atom. The molecule has 1 unspecified atom stereocenters. The van der Waals surface area contributed by atoms with E-state index in [1.54, 1.807) is 36.4 Å². The van der Waals surface area contributed by atoms with Crippen molar-refractivity contribution in [1.82, 2.24) is 0 Å². The van der Waals surface area contributed by atoms with Crippen molar-refractivity contribution in [3.05, 3.63) is 111 Å². The van der Waals surface area contributed by atoms with Crippen molar-refractivity contribution in [3.8, 4) is 0 Å². The molecule has 1 aromatic heterocycles. The summed E-state index contributed by atoms with van der Waals surface area (Å²) < 4.78 is 11.5. The lowest BCUT2D eigenvalue weighted by Gasteiger charge is -2.28. The van der Waals surface area contributed by atoms with E-state index in [4.69, 9.17) is 9.15 Å². The van der Waals surface area contributed by atoms with Crippen LogP contribution in [0.1, 0.15) is 58.9 Å². The Morgan fingerprint density at radius 2 is 1.72 bits per heavy atom. The van der Waals surface area contributed by atoms with Gasteiger partial charge in [-0.3, -0.25) is 14.5 Å². The second-order valence-corrected chi connectivity index (χ2v) is 11.3. The van der Waals surface area contributed by atoms with Gasteiger partial charge in [-0.05, 0) is 59.0 Å². The maximum Gasteiger partial charge on any atom is 0.337 e. The van der Waals surface area contributed by atoms with Gasteiger partial charge in [-0.1, -0.05) is 67.0 Å². The summed E-state index contributed by atoms with van der Waals surface area (Å²) >= 11 is 3.42. The first-order valence-corrected chi connectivity index (χ1v) is 13.1. The van der Waals surface area contributed by atoms with Crippen molar-refractivity contribution in [1.29, 1.82) is 0 Å². The summed E-state index contributed by atoms with van der Waals surface area (Å²) in [7, 11) is 1.27. The number of anilines is 1. The summed E-state index contributed by atoms with van der Waals surface area (Å²) in [5.74, 6) is -2.61. The number of aliphatic hydroxyl groups excluding tert-OH is 1. The average Bonchev–Trinajstić information content (AvgIpc) is 3.45. The zero-order valence-corrected chi connectivity index (χ0v) is 23.4. The second-order valence-electron chi connectivity index (χ2n) is 10.4. The van der Waals surface area contributed by atoms with Crippen molar-refractivity contribution in [2.24, 2.45) is 0 Å². The molecule has 0 fully saturated rings. The lowest BCUT2D eigenvalue weighted by atomic mass is 9.85. The number of ether oxygens (including phenoxy) is 1. The number of furan rings is 1. The molecule has 0 saturated heterocycles. The van der Waals surface area contributed by atoms with E-state index in [9.17, 15) is 19.5 Å². The fourth-order valence-electron chi connectivity index (χ4n) is 4.74. The molecule has 1 amide bonds. The molecule has 0 saturated carbocycles. The van der Waals surface area contributed by atoms with Crippen LogP contribution in [0.3, 0.4) is 0 Å². The molecule has 1 atom stereocenters. The smallest absolute Gasteiger partial charge is 0.337 e. The third-order valence-corrected chi connectivity index (χ3v) is 7.29. The average molecular weight is 588 g/mol. The summed E-state index contributed by atoms with van der Waals surface area (Å²) in [6, 6.07) is 19.9. The molecule has 0 radical (unpaired) electrons. The van der Waals surface area contributed by atoms with E-state index in [1.165, 1.54) is 18.1 Å². The number of esters is 1. The summed E-state index contributed by atoms with van der Waals surface area (Å²) in [4.78, 5) is 41.0. The second kappa shape index (κ2) is 9.85. The fraction of sp³-hybridized carbons (Fsp3) is 0.194. The Kier molecular flexibility index (Phi) is 6.68. The molecule has 3 aromatic carbocycles. The molecule has 1 aliphatic rings. The number of hydrogen-bond acceptors (Lipinski definition) is 6. The van der Waals surface area contributed by atoms with Gasteiger partial charge in [0.2, 0.25) is 5.78 Å². The van der Waals surface area contributed by atoms with Crippen molar-refractivity contribution >= 4 is 50.2 Å². The van der Waals surface area contributed by atoms with Gasteiger partial charge in [-0.2, -0.15) is 0 Å². The predicted octanol–water partition coefficient (Wildman–Crippen LogP) is 7.06. The van der Waals surface area contributed by atoms with E-state index in [0.29, 0.717) is 22.2 Å². The molecule has 1 aliphatic heterocycles. The highest BCUT2D eigenvalue weighted by Crippen LogP contribution is 2.43. The summed E-state index contributed by atoms with van der Waals surface area (Å²) in [5.41, 5.74) is 2.52. The van der Waals surface area contributed by atoms with Crippen LogP contribution in [0.15, 0.2) is 93.0 Å². The van der Waals surface area contributed by atoms with E-state index < -0.39 is 29.5 Å². The minimum absolute atomic E-state index is 0.000997. The minimum Gasteiger partial charge on any atom is -0.503 e. The van der Waals surface area contributed by atoms with Crippen LogP contribution in [-0.4, -0.2) is 29.9 Å². The SMILES string of the molecule is COC(=O)c1cccc(N2C(=O)C(O)=C(C(=O)c3cc4cc(Br)ccc4o3)C2c2ccc(C(C)(C)C)cc2)c1. The maximum absolute atomic E-state index is 13.9. The standard InChI is InChI=1S/C31H26BrNO6/c1-31(2,3)20-10-8-17(9-11-20)26-25(27(34)24-16-19-14-21(32)12-13-23(19)39-24)28(35)29(36)33(26)22-7-5-6-18(15-22)30(37)38-4/h5-16,26,35H,1-4H3. The van der Waals surface area contributed by atoms with Crippen LogP contribution in [0.4, 0.5) is 5.69 Å². The number of aliphatic hydroxyl groups is 1. The van der Waals surface area contributed by atoms with Gasteiger partial charge in [0.1, 0.15) is 5.58 Å². The Bertz CT molecular complexity index is 1660. The number of nitrogens with zero attached hydrogens (tertiary/aromatic N) is 1.